The predicted molar refractivity (Wildman–Crippen MR) is 66.7 cm³/mol. The number of benzene rings is 1. The third-order valence-electron chi connectivity index (χ3n) is 3.15. The zero-order chi connectivity index (χ0) is 12.1. The van der Waals surface area contributed by atoms with E-state index < -0.39 is 0 Å². The third-order valence-corrected chi connectivity index (χ3v) is 3.15. The summed E-state index contributed by atoms with van der Waals surface area (Å²) in [5.41, 5.74) is 1.08. The monoisotopic (exact) mass is 233 g/mol. The first-order chi connectivity index (χ1) is 8.31. The van der Waals surface area contributed by atoms with Gasteiger partial charge < -0.3 is 10.1 Å². The van der Waals surface area contributed by atoms with E-state index in [2.05, 4.69) is 12.2 Å². The van der Waals surface area contributed by atoms with E-state index in [0.717, 1.165) is 18.4 Å². The van der Waals surface area contributed by atoms with Crippen LogP contribution in [0.2, 0.25) is 0 Å². The second kappa shape index (κ2) is 5.71. The average Bonchev–Trinajstić information content (AvgIpc) is 2.72. The first kappa shape index (κ1) is 12.0. The molecule has 3 nitrogen and oxygen atoms in total. The van der Waals surface area contributed by atoms with Gasteiger partial charge in [0.1, 0.15) is 6.10 Å². The Labute approximate surface area is 102 Å². The van der Waals surface area contributed by atoms with E-state index in [9.17, 15) is 4.79 Å². The Bertz CT molecular complexity index is 364. The number of hydrogen-bond acceptors (Lipinski definition) is 2. The fourth-order valence-electron chi connectivity index (χ4n) is 2.24. The molecule has 1 amide bonds. The second-order valence-corrected chi connectivity index (χ2v) is 4.48. The first-order valence-corrected chi connectivity index (χ1v) is 6.33. The fourth-order valence-corrected chi connectivity index (χ4v) is 2.24. The van der Waals surface area contributed by atoms with Crippen LogP contribution in [0, 0.1) is 0 Å². The minimum absolute atomic E-state index is 0.122. The number of rotatable bonds is 5. The number of carbonyl (C=O) groups excluding carboxylic acids is 1. The van der Waals surface area contributed by atoms with Crippen LogP contribution in [0.15, 0.2) is 30.3 Å². The van der Waals surface area contributed by atoms with Gasteiger partial charge in [-0.2, -0.15) is 0 Å². The van der Waals surface area contributed by atoms with E-state index in [1.807, 2.05) is 30.3 Å². The van der Waals surface area contributed by atoms with Gasteiger partial charge in [-0.25, -0.2) is 4.79 Å². The number of amides is 1. The molecule has 1 aromatic rings. The molecule has 0 radical (unpaired) electrons. The van der Waals surface area contributed by atoms with Gasteiger partial charge in [0.05, 0.1) is 6.04 Å². The van der Waals surface area contributed by atoms with Gasteiger partial charge in [0.2, 0.25) is 0 Å². The quantitative estimate of drug-likeness (QED) is 0.791. The minimum Gasteiger partial charge on any atom is -0.439 e. The normalized spacial score (nSPS) is 23.2. The zero-order valence-electron chi connectivity index (χ0n) is 10.2. The van der Waals surface area contributed by atoms with E-state index in [-0.39, 0.29) is 18.2 Å². The van der Waals surface area contributed by atoms with Crippen molar-refractivity contribution in [1.29, 1.82) is 0 Å². The summed E-state index contributed by atoms with van der Waals surface area (Å²) in [6, 6.07) is 10.1. The lowest BCUT2D eigenvalue weighted by molar-refractivity contribution is 0.130. The number of hydrogen-bond donors (Lipinski definition) is 1. The van der Waals surface area contributed by atoms with Crippen molar-refractivity contribution in [2.24, 2.45) is 0 Å². The van der Waals surface area contributed by atoms with Crippen LogP contribution in [0.1, 0.15) is 44.3 Å². The van der Waals surface area contributed by atoms with E-state index in [4.69, 9.17) is 4.74 Å². The highest BCUT2D eigenvalue weighted by Gasteiger charge is 2.34. The highest BCUT2D eigenvalue weighted by molar-refractivity contribution is 5.70. The zero-order valence-corrected chi connectivity index (χ0v) is 10.2. The molecule has 3 heteroatoms. The molecule has 1 aromatic carbocycles. The van der Waals surface area contributed by atoms with Gasteiger partial charge in [-0.05, 0) is 12.0 Å². The molecule has 0 saturated carbocycles. The number of carbonyl (C=O) groups is 1. The summed E-state index contributed by atoms with van der Waals surface area (Å²) in [6.45, 7) is 2.18. The molecule has 1 aliphatic heterocycles. The predicted octanol–water partition coefficient (Wildman–Crippen LogP) is 3.42. The fraction of sp³-hybridized carbons (Fsp3) is 0.500. The van der Waals surface area contributed by atoms with Gasteiger partial charge >= 0.3 is 6.09 Å². The summed E-state index contributed by atoms with van der Waals surface area (Å²) in [4.78, 5) is 11.3. The summed E-state index contributed by atoms with van der Waals surface area (Å²) in [7, 11) is 0. The van der Waals surface area contributed by atoms with Gasteiger partial charge in [-0.3, -0.25) is 0 Å². The van der Waals surface area contributed by atoms with Crippen molar-refractivity contribution >= 4 is 6.09 Å². The summed E-state index contributed by atoms with van der Waals surface area (Å²) in [5.74, 6) is 0. The van der Waals surface area contributed by atoms with Gasteiger partial charge in [0.25, 0.3) is 0 Å². The lowest BCUT2D eigenvalue weighted by Crippen LogP contribution is -2.27. The summed E-state index contributed by atoms with van der Waals surface area (Å²) in [6.07, 6.45) is 4.10. The van der Waals surface area contributed by atoms with Crippen LogP contribution < -0.4 is 5.32 Å². The maximum atomic E-state index is 11.3. The smallest absolute Gasteiger partial charge is 0.408 e. The molecule has 2 atom stereocenters. The molecule has 1 aliphatic rings. The van der Waals surface area contributed by atoms with Gasteiger partial charge in [-0.15, -0.1) is 0 Å². The topological polar surface area (TPSA) is 38.3 Å². The summed E-state index contributed by atoms with van der Waals surface area (Å²) < 4.78 is 5.34. The highest BCUT2D eigenvalue weighted by Crippen LogP contribution is 2.28. The molecule has 17 heavy (non-hydrogen) atoms. The molecule has 1 heterocycles. The minimum atomic E-state index is -0.291. The lowest BCUT2D eigenvalue weighted by atomic mass is 9.98. The Morgan fingerprint density at radius 1 is 1.24 bits per heavy atom. The van der Waals surface area contributed by atoms with Gasteiger partial charge in [0.15, 0.2) is 0 Å². The molecule has 2 rings (SSSR count). The number of nitrogens with one attached hydrogen (secondary N) is 1. The van der Waals surface area contributed by atoms with Crippen molar-refractivity contribution in [3.05, 3.63) is 35.9 Å². The number of alkyl carbamates (subject to hydrolysis) is 1. The Hall–Kier alpha value is -1.51. The summed E-state index contributed by atoms with van der Waals surface area (Å²) >= 11 is 0. The molecule has 1 saturated heterocycles. The number of unbranched alkanes of at least 4 members (excludes halogenated alkanes) is 2. The van der Waals surface area contributed by atoms with E-state index in [1.165, 1.54) is 12.8 Å². The SMILES string of the molecule is CCCCC[C@@H]1NC(=O)O[C@H]1c1ccccc1. The molecular weight excluding hydrogens is 214 g/mol. The van der Waals surface area contributed by atoms with Gasteiger partial charge in [-0.1, -0.05) is 56.5 Å². The van der Waals surface area contributed by atoms with Crippen molar-refractivity contribution in [3.63, 3.8) is 0 Å². The van der Waals surface area contributed by atoms with Crippen molar-refractivity contribution in [3.8, 4) is 0 Å². The second-order valence-electron chi connectivity index (χ2n) is 4.48. The number of ether oxygens (including phenoxy) is 1. The Kier molecular flexibility index (Phi) is 4.02. The van der Waals surface area contributed by atoms with E-state index in [0.29, 0.717) is 0 Å². The molecule has 0 bridgehead atoms. The highest BCUT2D eigenvalue weighted by atomic mass is 16.6. The maximum Gasteiger partial charge on any atom is 0.408 e. The maximum absolute atomic E-state index is 11.3. The standard InChI is InChI=1S/C14H19NO2/c1-2-3-5-10-12-13(17-14(16)15-12)11-8-6-4-7-9-11/h4,6-9,12-13H,2-3,5,10H2,1H3,(H,15,16)/t12-,13-/m0/s1. The lowest BCUT2D eigenvalue weighted by Gasteiger charge is -2.16. The Morgan fingerprint density at radius 2 is 2.00 bits per heavy atom. The summed E-state index contributed by atoms with van der Waals surface area (Å²) in [5, 5.41) is 2.90. The largest absolute Gasteiger partial charge is 0.439 e. The van der Waals surface area contributed by atoms with Crippen molar-refractivity contribution in [2.45, 2.75) is 44.8 Å². The van der Waals surface area contributed by atoms with Crippen LogP contribution in [-0.4, -0.2) is 12.1 Å². The van der Waals surface area contributed by atoms with Crippen molar-refractivity contribution in [2.75, 3.05) is 0 Å². The molecule has 0 unspecified atom stereocenters. The molecule has 92 valence electrons. The average molecular weight is 233 g/mol. The Morgan fingerprint density at radius 3 is 2.71 bits per heavy atom. The molecule has 0 aliphatic carbocycles. The first-order valence-electron chi connectivity index (χ1n) is 6.33. The van der Waals surface area contributed by atoms with Crippen LogP contribution >= 0.6 is 0 Å². The van der Waals surface area contributed by atoms with Crippen molar-refractivity contribution in [1.82, 2.24) is 5.32 Å². The Balaban J connectivity index is 2.01. The van der Waals surface area contributed by atoms with Crippen LogP contribution in [0.25, 0.3) is 0 Å². The molecular formula is C14H19NO2. The van der Waals surface area contributed by atoms with Crippen LogP contribution in [-0.2, 0) is 4.74 Å². The van der Waals surface area contributed by atoms with Crippen LogP contribution in [0.5, 0.6) is 0 Å². The molecule has 0 aromatic heterocycles. The molecule has 1 N–H and O–H groups in total. The van der Waals surface area contributed by atoms with Gasteiger partial charge in [0, 0.05) is 0 Å². The van der Waals surface area contributed by atoms with E-state index in [1.54, 1.807) is 0 Å². The van der Waals surface area contributed by atoms with E-state index >= 15 is 0 Å². The van der Waals surface area contributed by atoms with Crippen LogP contribution in [0.4, 0.5) is 4.79 Å². The van der Waals surface area contributed by atoms with Crippen molar-refractivity contribution < 1.29 is 9.53 Å². The number of cyclic esters (lactones) is 1. The van der Waals surface area contributed by atoms with Crippen LogP contribution in [0.3, 0.4) is 0 Å². The molecule has 0 spiro atoms. The third kappa shape index (κ3) is 2.99. The molecule has 1 fully saturated rings.